The molecule has 2 aliphatic heterocycles. The lowest BCUT2D eigenvalue weighted by molar-refractivity contribution is 0.216. The van der Waals surface area contributed by atoms with Crippen molar-refractivity contribution in [3.63, 3.8) is 0 Å². The van der Waals surface area contributed by atoms with Crippen LogP contribution in [0.3, 0.4) is 0 Å². The summed E-state index contributed by atoms with van der Waals surface area (Å²) in [5, 5.41) is 3.41. The Morgan fingerprint density at radius 3 is 2.52 bits per heavy atom. The van der Waals surface area contributed by atoms with Crippen molar-refractivity contribution in [3.8, 4) is 0 Å². The van der Waals surface area contributed by atoms with Crippen molar-refractivity contribution in [3.05, 3.63) is 29.6 Å². The number of aromatic amines is 1. The summed E-state index contributed by atoms with van der Waals surface area (Å²) in [7, 11) is 0. The first-order valence-electron chi connectivity index (χ1n) is 9.00. The van der Waals surface area contributed by atoms with Gasteiger partial charge in [0.2, 0.25) is 0 Å². The molecule has 124 valence electrons. The fourth-order valence-corrected chi connectivity index (χ4v) is 3.74. The highest BCUT2D eigenvalue weighted by atomic mass is 15.2. The smallest absolute Gasteiger partial charge is 0.121 e. The van der Waals surface area contributed by atoms with Gasteiger partial charge < -0.3 is 10.3 Å². The van der Waals surface area contributed by atoms with Crippen LogP contribution in [-0.2, 0) is 13.1 Å². The molecular formula is C18H27N5. The summed E-state index contributed by atoms with van der Waals surface area (Å²) in [6, 6.07) is 6.68. The minimum absolute atomic E-state index is 0.960. The third-order valence-electron chi connectivity index (χ3n) is 5.03. The van der Waals surface area contributed by atoms with Crippen LogP contribution in [0.25, 0.3) is 11.0 Å². The first kappa shape index (κ1) is 15.1. The zero-order valence-electron chi connectivity index (χ0n) is 13.9. The third-order valence-corrected chi connectivity index (χ3v) is 5.03. The number of rotatable bonds is 4. The summed E-state index contributed by atoms with van der Waals surface area (Å²) in [6.45, 7) is 8.91. The first-order valence-corrected chi connectivity index (χ1v) is 9.00. The van der Waals surface area contributed by atoms with E-state index in [1.165, 1.54) is 43.4 Å². The number of hydrogen-bond donors (Lipinski definition) is 2. The van der Waals surface area contributed by atoms with Gasteiger partial charge in [0, 0.05) is 32.7 Å². The molecule has 3 heterocycles. The van der Waals surface area contributed by atoms with Crippen molar-refractivity contribution in [1.82, 2.24) is 25.1 Å². The Morgan fingerprint density at radius 1 is 0.913 bits per heavy atom. The lowest BCUT2D eigenvalue weighted by Crippen LogP contribution is -2.42. The number of nitrogens with one attached hydrogen (secondary N) is 2. The van der Waals surface area contributed by atoms with Gasteiger partial charge in [-0.25, -0.2) is 4.98 Å². The normalized spacial score (nSPS) is 21.0. The van der Waals surface area contributed by atoms with Crippen molar-refractivity contribution in [2.24, 2.45) is 0 Å². The Balaban J connectivity index is 1.45. The van der Waals surface area contributed by atoms with E-state index in [0.29, 0.717) is 0 Å². The van der Waals surface area contributed by atoms with Gasteiger partial charge in [-0.3, -0.25) is 9.80 Å². The zero-order valence-corrected chi connectivity index (χ0v) is 13.9. The Kier molecular flexibility index (Phi) is 4.60. The number of nitrogens with zero attached hydrogens (tertiary/aromatic N) is 3. The lowest BCUT2D eigenvalue weighted by atomic mass is 10.1. The monoisotopic (exact) mass is 313 g/mol. The Bertz CT molecular complexity index is 620. The Morgan fingerprint density at radius 2 is 1.70 bits per heavy atom. The second-order valence-corrected chi connectivity index (χ2v) is 6.90. The average molecular weight is 313 g/mol. The number of likely N-dealkylation sites (tertiary alicyclic amines) is 1. The van der Waals surface area contributed by atoms with E-state index in [4.69, 9.17) is 4.98 Å². The molecule has 1 aromatic heterocycles. The van der Waals surface area contributed by atoms with Crippen LogP contribution in [0.2, 0.25) is 0 Å². The topological polar surface area (TPSA) is 47.2 Å². The highest BCUT2D eigenvalue weighted by Crippen LogP contribution is 2.18. The van der Waals surface area contributed by atoms with Gasteiger partial charge in [0.1, 0.15) is 5.82 Å². The van der Waals surface area contributed by atoms with Crippen LogP contribution in [0, 0.1) is 0 Å². The molecule has 1 aromatic carbocycles. The van der Waals surface area contributed by atoms with Crippen LogP contribution in [0.5, 0.6) is 0 Å². The van der Waals surface area contributed by atoms with Crippen LogP contribution in [-0.4, -0.2) is 59.0 Å². The van der Waals surface area contributed by atoms with Gasteiger partial charge >= 0.3 is 0 Å². The molecule has 2 fully saturated rings. The van der Waals surface area contributed by atoms with Crippen LogP contribution in [0.15, 0.2) is 18.2 Å². The first-order chi connectivity index (χ1) is 11.4. The van der Waals surface area contributed by atoms with Gasteiger partial charge in [0.25, 0.3) is 0 Å². The Hall–Kier alpha value is -1.43. The number of benzene rings is 1. The maximum Gasteiger partial charge on any atom is 0.121 e. The standard InChI is InChI=1S/C18H27N5/c1-2-8-22(9-3-1)14-18-20-16-5-4-15(12-17(16)21-18)13-23-10-6-19-7-11-23/h4-5,12,19H,1-3,6-11,13-14H2,(H,20,21). The molecule has 0 radical (unpaired) electrons. The van der Waals surface area contributed by atoms with E-state index in [2.05, 4.69) is 38.3 Å². The molecule has 0 unspecified atom stereocenters. The number of H-pyrrole nitrogens is 1. The summed E-state index contributed by atoms with van der Waals surface area (Å²) in [5.74, 6) is 1.11. The molecule has 0 aliphatic carbocycles. The number of imidazole rings is 1. The number of aromatic nitrogens is 2. The van der Waals surface area contributed by atoms with Crippen molar-refractivity contribution >= 4 is 11.0 Å². The lowest BCUT2D eigenvalue weighted by Gasteiger charge is -2.27. The minimum Gasteiger partial charge on any atom is -0.341 e. The number of piperidine rings is 1. The van der Waals surface area contributed by atoms with Crippen LogP contribution < -0.4 is 5.32 Å². The largest absolute Gasteiger partial charge is 0.341 e. The van der Waals surface area contributed by atoms with E-state index in [1.807, 2.05) is 0 Å². The van der Waals surface area contributed by atoms with E-state index in [9.17, 15) is 0 Å². The SMILES string of the molecule is c1cc2nc(CN3CCCCC3)[nH]c2cc1CN1CCNCC1. The Labute approximate surface area is 138 Å². The highest BCUT2D eigenvalue weighted by Gasteiger charge is 2.14. The van der Waals surface area contributed by atoms with Gasteiger partial charge in [0.05, 0.1) is 17.6 Å². The van der Waals surface area contributed by atoms with E-state index >= 15 is 0 Å². The average Bonchev–Trinajstić information content (AvgIpc) is 2.98. The van der Waals surface area contributed by atoms with Crippen LogP contribution >= 0.6 is 0 Å². The molecule has 5 nitrogen and oxygen atoms in total. The summed E-state index contributed by atoms with van der Waals surface area (Å²) in [5.41, 5.74) is 3.67. The van der Waals surface area contributed by atoms with Gasteiger partial charge in [-0.05, 0) is 43.6 Å². The highest BCUT2D eigenvalue weighted by molar-refractivity contribution is 5.75. The molecule has 0 spiro atoms. The maximum atomic E-state index is 4.77. The number of fused-ring (bicyclic) bond motifs is 1. The molecule has 0 atom stereocenters. The summed E-state index contributed by atoms with van der Waals surface area (Å²) >= 11 is 0. The van der Waals surface area contributed by atoms with Crippen molar-refractivity contribution in [2.45, 2.75) is 32.4 Å². The number of piperazine rings is 1. The summed E-state index contributed by atoms with van der Waals surface area (Å²) < 4.78 is 0. The molecule has 0 saturated carbocycles. The van der Waals surface area contributed by atoms with Crippen molar-refractivity contribution in [2.75, 3.05) is 39.3 Å². The molecule has 2 aromatic rings. The second-order valence-electron chi connectivity index (χ2n) is 6.90. The molecule has 2 N–H and O–H groups in total. The van der Waals surface area contributed by atoms with Crippen molar-refractivity contribution < 1.29 is 0 Å². The van der Waals surface area contributed by atoms with Crippen LogP contribution in [0.4, 0.5) is 0 Å². The molecule has 2 aliphatic rings. The zero-order chi connectivity index (χ0) is 15.5. The molecular weight excluding hydrogens is 286 g/mol. The predicted octanol–water partition coefficient (Wildman–Crippen LogP) is 1.95. The van der Waals surface area contributed by atoms with E-state index in [1.54, 1.807) is 0 Å². The minimum atomic E-state index is 0.960. The van der Waals surface area contributed by atoms with Gasteiger partial charge in [-0.1, -0.05) is 12.5 Å². The van der Waals surface area contributed by atoms with Gasteiger partial charge in [-0.15, -0.1) is 0 Å². The third kappa shape index (κ3) is 3.74. The van der Waals surface area contributed by atoms with Gasteiger partial charge in [-0.2, -0.15) is 0 Å². The van der Waals surface area contributed by atoms with Gasteiger partial charge in [0.15, 0.2) is 0 Å². The summed E-state index contributed by atoms with van der Waals surface area (Å²) in [6.07, 6.45) is 4.04. The van der Waals surface area contributed by atoms with E-state index in [-0.39, 0.29) is 0 Å². The quantitative estimate of drug-likeness (QED) is 0.906. The van der Waals surface area contributed by atoms with E-state index < -0.39 is 0 Å². The molecule has 5 heteroatoms. The summed E-state index contributed by atoms with van der Waals surface area (Å²) in [4.78, 5) is 13.3. The molecule has 0 amide bonds. The molecule has 2 saturated heterocycles. The molecule has 4 rings (SSSR count). The second kappa shape index (κ2) is 6.99. The van der Waals surface area contributed by atoms with Crippen LogP contribution in [0.1, 0.15) is 30.7 Å². The predicted molar refractivity (Wildman–Crippen MR) is 93.4 cm³/mol. The molecule has 23 heavy (non-hydrogen) atoms. The maximum absolute atomic E-state index is 4.77. The molecule has 0 bridgehead atoms. The fraction of sp³-hybridized carbons (Fsp3) is 0.611. The fourth-order valence-electron chi connectivity index (χ4n) is 3.74. The number of hydrogen-bond acceptors (Lipinski definition) is 4. The van der Waals surface area contributed by atoms with E-state index in [0.717, 1.165) is 50.6 Å². The van der Waals surface area contributed by atoms with Crippen molar-refractivity contribution in [1.29, 1.82) is 0 Å².